The Kier molecular flexibility index (Phi) is 3.75. The lowest BCUT2D eigenvalue weighted by atomic mass is 9.99. The summed E-state index contributed by atoms with van der Waals surface area (Å²) >= 11 is 0. The van der Waals surface area contributed by atoms with E-state index in [2.05, 4.69) is 24.3 Å². The summed E-state index contributed by atoms with van der Waals surface area (Å²) < 4.78 is 11.0. The molecule has 4 nitrogen and oxygen atoms in total. The topological polar surface area (TPSA) is 42.1 Å². The summed E-state index contributed by atoms with van der Waals surface area (Å²) in [5, 5.41) is 0. The Balaban J connectivity index is 1.45. The molecule has 1 amide bonds. The summed E-state index contributed by atoms with van der Waals surface area (Å²) in [5.41, 5.74) is 3.63. The van der Waals surface area contributed by atoms with E-state index in [-0.39, 0.29) is 12.0 Å². The number of benzene rings is 2. The average Bonchev–Trinajstić information content (AvgIpc) is 3.44. The molecule has 0 radical (unpaired) electrons. The Morgan fingerprint density at radius 1 is 1.17 bits per heavy atom. The lowest BCUT2D eigenvalue weighted by Crippen LogP contribution is -2.38. The first kappa shape index (κ1) is 14.3. The third-order valence-corrected chi connectivity index (χ3v) is 4.36. The molecule has 0 aliphatic carbocycles. The van der Waals surface area contributed by atoms with Gasteiger partial charge < -0.3 is 14.4 Å². The molecule has 2 aromatic rings. The van der Waals surface area contributed by atoms with Gasteiger partial charge in [0, 0.05) is 13.1 Å². The number of carbonyl (C=O) groups is 1. The average molecular weight is 309 g/mol. The molecule has 1 unspecified atom stereocenters. The van der Waals surface area contributed by atoms with Crippen molar-refractivity contribution >= 4 is 5.91 Å². The Bertz CT molecular complexity index is 710. The number of rotatable bonds is 4. The van der Waals surface area contributed by atoms with Gasteiger partial charge in [0.15, 0.2) is 6.10 Å². The lowest BCUT2D eigenvalue weighted by Gasteiger charge is -2.28. The fraction of sp³-hybridized carbons (Fsp3) is 0.316. The summed E-state index contributed by atoms with van der Waals surface area (Å²) in [7, 11) is 0. The predicted molar refractivity (Wildman–Crippen MR) is 86.1 cm³/mol. The van der Waals surface area contributed by atoms with E-state index in [4.69, 9.17) is 9.47 Å². The van der Waals surface area contributed by atoms with Crippen molar-refractivity contribution in [3.8, 4) is 5.75 Å². The molecular weight excluding hydrogens is 290 g/mol. The zero-order valence-electron chi connectivity index (χ0n) is 12.9. The number of nitrogens with zero attached hydrogens (tertiary/aromatic N) is 1. The molecule has 4 rings (SSSR count). The van der Waals surface area contributed by atoms with Crippen molar-refractivity contribution in [3.63, 3.8) is 0 Å². The van der Waals surface area contributed by atoms with Crippen LogP contribution in [-0.4, -0.2) is 30.1 Å². The van der Waals surface area contributed by atoms with E-state index in [0.29, 0.717) is 19.8 Å². The molecular formula is C19H19NO3. The van der Waals surface area contributed by atoms with Crippen molar-refractivity contribution < 1.29 is 14.3 Å². The van der Waals surface area contributed by atoms with E-state index < -0.39 is 0 Å². The highest BCUT2D eigenvalue weighted by Crippen LogP contribution is 2.26. The van der Waals surface area contributed by atoms with Gasteiger partial charge in [-0.1, -0.05) is 36.4 Å². The minimum Gasteiger partial charge on any atom is -0.489 e. The Morgan fingerprint density at radius 2 is 2.00 bits per heavy atom. The number of fused-ring (bicyclic) bond motifs is 1. The van der Waals surface area contributed by atoms with Crippen LogP contribution in [0.3, 0.4) is 0 Å². The van der Waals surface area contributed by atoms with Crippen LogP contribution in [0, 0.1) is 0 Å². The number of epoxide rings is 1. The van der Waals surface area contributed by atoms with Gasteiger partial charge in [0.1, 0.15) is 12.4 Å². The normalized spacial score (nSPS) is 19.1. The van der Waals surface area contributed by atoms with E-state index in [9.17, 15) is 4.79 Å². The molecule has 1 atom stereocenters. The van der Waals surface area contributed by atoms with E-state index >= 15 is 0 Å². The molecule has 23 heavy (non-hydrogen) atoms. The van der Waals surface area contributed by atoms with Crippen molar-refractivity contribution in [2.75, 3.05) is 13.2 Å². The number of amides is 1. The highest BCUT2D eigenvalue weighted by Gasteiger charge is 2.36. The molecule has 2 aliphatic rings. The monoisotopic (exact) mass is 309 g/mol. The maximum absolute atomic E-state index is 12.1. The van der Waals surface area contributed by atoms with Crippen LogP contribution in [-0.2, 0) is 29.1 Å². The molecule has 0 saturated carbocycles. The van der Waals surface area contributed by atoms with Crippen LogP contribution in [0.15, 0.2) is 48.5 Å². The quantitative estimate of drug-likeness (QED) is 0.815. The second-order valence-electron chi connectivity index (χ2n) is 6.04. The first-order valence-electron chi connectivity index (χ1n) is 7.98. The van der Waals surface area contributed by atoms with E-state index in [0.717, 1.165) is 24.3 Å². The van der Waals surface area contributed by atoms with E-state index in [1.54, 1.807) is 0 Å². The van der Waals surface area contributed by atoms with Gasteiger partial charge in [-0.15, -0.1) is 0 Å². The van der Waals surface area contributed by atoms with Crippen LogP contribution in [0.4, 0.5) is 0 Å². The van der Waals surface area contributed by atoms with Crippen LogP contribution in [0.5, 0.6) is 5.75 Å². The largest absolute Gasteiger partial charge is 0.489 e. The van der Waals surface area contributed by atoms with Gasteiger partial charge in [0.2, 0.25) is 0 Å². The molecule has 1 fully saturated rings. The molecule has 2 aliphatic heterocycles. The third-order valence-electron chi connectivity index (χ3n) is 4.36. The maximum Gasteiger partial charge on any atom is 0.254 e. The number of ether oxygens (including phenoxy) is 2. The molecule has 2 aromatic carbocycles. The first-order valence-corrected chi connectivity index (χ1v) is 7.98. The van der Waals surface area contributed by atoms with Crippen LogP contribution in [0.25, 0.3) is 0 Å². The first-order chi connectivity index (χ1) is 11.3. The molecule has 0 bridgehead atoms. The second-order valence-corrected chi connectivity index (χ2v) is 6.04. The molecule has 0 spiro atoms. The fourth-order valence-electron chi connectivity index (χ4n) is 2.95. The van der Waals surface area contributed by atoms with Gasteiger partial charge in [-0.05, 0) is 35.2 Å². The molecule has 118 valence electrons. The Hall–Kier alpha value is -2.33. The summed E-state index contributed by atoms with van der Waals surface area (Å²) in [5.74, 6) is 0.968. The van der Waals surface area contributed by atoms with Crippen molar-refractivity contribution in [3.05, 3.63) is 65.2 Å². The molecule has 0 aromatic heterocycles. The van der Waals surface area contributed by atoms with E-state index in [1.807, 2.05) is 29.2 Å². The number of carbonyl (C=O) groups excluding carboxylic acids is 1. The molecule has 2 heterocycles. The summed E-state index contributed by atoms with van der Waals surface area (Å²) in [4.78, 5) is 14.0. The zero-order chi connectivity index (χ0) is 15.6. The van der Waals surface area contributed by atoms with Gasteiger partial charge in [-0.25, -0.2) is 0 Å². The molecule has 0 N–H and O–H groups in total. The third kappa shape index (κ3) is 3.22. The van der Waals surface area contributed by atoms with Gasteiger partial charge in [-0.3, -0.25) is 4.79 Å². The molecule has 4 heteroatoms. The van der Waals surface area contributed by atoms with Crippen molar-refractivity contribution in [1.29, 1.82) is 0 Å². The fourth-order valence-corrected chi connectivity index (χ4v) is 2.95. The van der Waals surface area contributed by atoms with Crippen LogP contribution in [0.1, 0.15) is 16.7 Å². The van der Waals surface area contributed by atoms with Gasteiger partial charge in [-0.2, -0.15) is 0 Å². The highest BCUT2D eigenvalue weighted by molar-refractivity contribution is 5.83. The van der Waals surface area contributed by atoms with Gasteiger partial charge in [0.25, 0.3) is 5.91 Å². The smallest absolute Gasteiger partial charge is 0.254 e. The number of hydrogen-bond acceptors (Lipinski definition) is 3. The maximum atomic E-state index is 12.1. The SMILES string of the molecule is O=C(C1CO1)N1CCc2ccc(OCc3ccccc3)cc2C1. The standard InChI is InChI=1S/C19H19NO3/c21-19(18-13-23-18)20-9-8-15-6-7-17(10-16(15)11-20)22-12-14-4-2-1-3-5-14/h1-7,10,18H,8-9,11-13H2. The summed E-state index contributed by atoms with van der Waals surface area (Å²) in [6, 6.07) is 16.3. The number of hydrogen-bond donors (Lipinski definition) is 0. The van der Waals surface area contributed by atoms with Gasteiger partial charge >= 0.3 is 0 Å². The van der Waals surface area contributed by atoms with E-state index in [1.165, 1.54) is 11.1 Å². The van der Waals surface area contributed by atoms with Crippen molar-refractivity contribution in [2.45, 2.75) is 25.7 Å². The summed E-state index contributed by atoms with van der Waals surface area (Å²) in [6.45, 7) is 2.55. The Labute approximate surface area is 135 Å². The predicted octanol–water partition coefficient (Wildman–Crippen LogP) is 2.55. The second kappa shape index (κ2) is 6.05. The van der Waals surface area contributed by atoms with Crippen molar-refractivity contribution in [2.24, 2.45) is 0 Å². The minimum atomic E-state index is -0.200. The van der Waals surface area contributed by atoms with Crippen LogP contribution >= 0.6 is 0 Å². The van der Waals surface area contributed by atoms with Crippen LogP contribution < -0.4 is 4.74 Å². The zero-order valence-corrected chi connectivity index (χ0v) is 12.9. The minimum absolute atomic E-state index is 0.117. The van der Waals surface area contributed by atoms with Crippen molar-refractivity contribution in [1.82, 2.24) is 4.90 Å². The summed E-state index contributed by atoms with van der Waals surface area (Å²) in [6.07, 6.45) is 0.696. The highest BCUT2D eigenvalue weighted by atomic mass is 16.6. The van der Waals surface area contributed by atoms with Crippen LogP contribution in [0.2, 0.25) is 0 Å². The Morgan fingerprint density at radius 3 is 2.78 bits per heavy atom. The lowest BCUT2D eigenvalue weighted by molar-refractivity contribution is -0.133. The molecule has 1 saturated heterocycles. The van der Waals surface area contributed by atoms with Gasteiger partial charge in [0.05, 0.1) is 6.61 Å².